The Bertz CT molecular complexity index is 1100. The second-order valence-corrected chi connectivity index (χ2v) is 5.79. The summed E-state index contributed by atoms with van der Waals surface area (Å²) in [6.45, 7) is -1.28. The summed E-state index contributed by atoms with van der Waals surface area (Å²) < 4.78 is 33.3. The second kappa shape index (κ2) is 6.21. The van der Waals surface area contributed by atoms with Crippen LogP contribution in [0.4, 0.5) is 8.78 Å². The molecule has 2 aromatic carbocycles. The zero-order valence-electron chi connectivity index (χ0n) is 13.7. The molecule has 0 aliphatic heterocycles. The van der Waals surface area contributed by atoms with Gasteiger partial charge in [-0.3, -0.25) is 9.67 Å². The number of H-pyrrole nitrogens is 1. The van der Waals surface area contributed by atoms with E-state index in [0.29, 0.717) is 11.0 Å². The molecule has 0 radical (unpaired) electrons. The number of nitrogens with zero attached hydrogens (tertiary/aromatic N) is 3. The number of benzene rings is 2. The van der Waals surface area contributed by atoms with E-state index in [1.165, 1.54) is 6.92 Å². The number of rotatable bonds is 4. The highest BCUT2D eigenvalue weighted by Crippen LogP contribution is 2.29. The molecule has 6 nitrogen and oxygen atoms in total. The molecule has 4 aromatic rings. The molecule has 2 heterocycles. The molecule has 2 aromatic heterocycles. The summed E-state index contributed by atoms with van der Waals surface area (Å²) in [5, 5.41) is 7.40. The van der Waals surface area contributed by atoms with Crippen LogP contribution in [0.25, 0.3) is 21.9 Å². The number of carbonyl (C=O) groups excluding carboxylic acids is 1. The number of imidazole rings is 1. The third kappa shape index (κ3) is 2.59. The van der Waals surface area contributed by atoms with E-state index in [0.717, 1.165) is 9.95 Å². The maximum Gasteiger partial charge on any atom is 0.341 e. The maximum atomic E-state index is 13.5. The minimum Gasteiger partial charge on any atom is -0.451 e. The molecule has 0 amide bonds. The second-order valence-electron chi connectivity index (χ2n) is 5.79. The Balaban J connectivity index is 1.69. The number of nitrogens with one attached hydrogen (secondary N) is 1. The van der Waals surface area contributed by atoms with E-state index in [4.69, 9.17) is 4.74 Å². The average molecular weight is 356 g/mol. The smallest absolute Gasteiger partial charge is 0.341 e. The van der Waals surface area contributed by atoms with Crippen LogP contribution in [0, 0.1) is 0 Å². The van der Waals surface area contributed by atoms with E-state index in [9.17, 15) is 13.6 Å². The lowest BCUT2D eigenvalue weighted by Crippen LogP contribution is -2.15. The summed E-state index contributed by atoms with van der Waals surface area (Å²) in [6, 6.07) is 11.6. The molecule has 1 unspecified atom stereocenters. The van der Waals surface area contributed by atoms with Gasteiger partial charge in [0, 0.05) is 5.39 Å². The summed E-state index contributed by atoms with van der Waals surface area (Å²) in [5.41, 5.74) is 1.52. The number of para-hydroxylation sites is 3. The first-order chi connectivity index (χ1) is 12.6. The minimum absolute atomic E-state index is 0.00802. The van der Waals surface area contributed by atoms with E-state index < -0.39 is 18.6 Å². The fourth-order valence-corrected chi connectivity index (χ4v) is 2.97. The van der Waals surface area contributed by atoms with Crippen molar-refractivity contribution in [1.82, 2.24) is 19.7 Å². The monoisotopic (exact) mass is 356 g/mol. The van der Waals surface area contributed by atoms with Crippen LogP contribution in [0.15, 0.2) is 48.7 Å². The summed E-state index contributed by atoms with van der Waals surface area (Å²) in [4.78, 5) is 16.8. The van der Waals surface area contributed by atoms with Gasteiger partial charge in [0.1, 0.15) is 0 Å². The minimum atomic E-state index is -2.80. The number of alkyl halides is 2. The zero-order valence-corrected chi connectivity index (χ0v) is 13.7. The number of ether oxygens (including phenoxy) is 1. The average Bonchev–Trinajstić information content (AvgIpc) is 3.25. The maximum absolute atomic E-state index is 13.5. The van der Waals surface area contributed by atoms with Gasteiger partial charge < -0.3 is 4.74 Å². The van der Waals surface area contributed by atoms with Gasteiger partial charge in [0.15, 0.2) is 11.9 Å². The van der Waals surface area contributed by atoms with Crippen molar-refractivity contribution in [2.24, 2.45) is 0 Å². The van der Waals surface area contributed by atoms with E-state index in [1.807, 2.05) is 0 Å². The van der Waals surface area contributed by atoms with Crippen LogP contribution >= 0.6 is 0 Å². The van der Waals surface area contributed by atoms with Crippen LogP contribution in [-0.2, 0) is 4.74 Å². The third-order valence-corrected chi connectivity index (χ3v) is 4.16. The van der Waals surface area contributed by atoms with Crippen molar-refractivity contribution in [1.29, 1.82) is 0 Å². The first kappa shape index (κ1) is 16.2. The molecule has 0 saturated carbocycles. The largest absolute Gasteiger partial charge is 0.451 e. The number of aromatic nitrogens is 4. The Labute approximate surface area is 146 Å². The van der Waals surface area contributed by atoms with Gasteiger partial charge in [-0.05, 0) is 25.1 Å². The lowest BCUT2D eigenvalue weighted by Gasteiger charge is -2.15. The van der Waals surface area contributed by atoms with E-state index in [-0.39, 0.29) is 16.9 Å². The lowest BCUT2D eigenvalue weighted by atomic mass is 10.1. The normalized spacial score (nSPS) is 12.8. The van der Waals surface area contributed by atoms with Gasteiger partial charge in [0.2, 0.25) is 0 Å². The van der Waals surface area contributed by atoms with E-state index in [2.05, 4.69) is 15.2 Å². The standard InChI is InChI=1S/C18H14F2N4O2/c1-10(16-22-13-7-2-3-8-14(13)24(16)18(19)20)26-17(25)12-6-4-5-11-9-21-23-15(11)12/h2-10,18H,1H3,(H,21,23). The summed E-state index contributed by atoms with van der Waals surface area (Å²) in [7, 11) is 0. The first-order valence-electron chi connectivity index (χ1n) is 7.94. The number of esters is 1. The quantitative estimate of drug-likeness (QED) is 0.556. The molecule has 0 spiro atoms. The van der Waals surface area contributed by atoms with Crippen molar-refractivity contribution in [2.45, 2.75) is 19.6 Å². The van der Waals surface area contributed by atoms with Crippen LogP contribution in [0.5, 0.6) is 0 Å². The SMILES string of the molecule is CC(OC(=O)c1cccc2cn[nH]c12)c1nc2ccccc2n1C(F)F. The molecule has 0 fully saturated rings. The Morgan fingerprint density at radius 3 is 2.81 bits per heavy atom. The summed E-state index contributed by atoms with van der Waals surface area (Å²) in [6.07, 6.45) is 0.633. The first-order valence-corrected chi connectivity index (χ1v) is 7.94. The van der Waals surface area contributed by atoms with Gasteiger partial charge in [-0.1, -0.05) is 24.3 Å². The van der Waals surface area contributed by atoms with Crippen LogP contribution in [0.3, 0.4) is 0 Å². The molecule has 1 atom stereocenters. The van der Waals surface area contributed by atoms with Gasteiger partial charge >= 0.3 is 12.5 Å². The lowest BCUT2D eigenvalue weighted by molar-refractivity contribution is 0.0235. The molecule has 8 heteroatoms. The fraction of sp³-hybridized carbons (Fsp3) is 0.167. The zero-order chi connectivity index (χ0) is 18.3. The molecule has 1 N–H and O–H groups in total. The molecule has 0 saturated heterocycles. The van der Waals surface area contributed by atoms with Crippen molar-refractivity contribution < 1.29 is 18.3 Å². The highest BCUT2D eigenvalue weighted by atomic mass is 19.3. The van der Waals surface area contributed by atoms with Crippen molar-refractivity contribution in [3.8, 4) is 0 Å². The molecule has 0 aliphatic rings. The number of aromatic amines is 1. The predicted octanol–water partition coefficient (Wildman–Crippen LogP) is 4.23. The number of hydrogen-bond donors (Lipinski definition) is 1. The highest BCUT2D eigenvalue weighted by Gasteiger charge is 2.25. The van der Waals surface area contributed by atoms with Crippen molar-refractivity contribution >= 4 is 27.9 Å². The van der Waals surface area contributed by atoms with Crippen molar-refractivity contribution in [3.63, 3.8) is 0 Å². The number of fused-ring (bicyclic) bond motifs is 2. The summed E-state index contributed by atoms with van der Waals surface area (Å²) >= 11 is 0. The molecule has 132 valence electrons. The Morgan fingerprint density at radius 2 is 2.00 bits per heavy atom. The Kier molecular flexibility index (Phi) is 3.87. The topological polar surface area (TPSA) is 72.8 Å². The Hall–Kier alpha value is -3.29. The van der Waals surface area contributed by atoms with Gasteiger partial charge in [0.25, 0.3) is 0 Å². The van der Waals surface area contributed by atoms with Gasteiger partial charge in [-0.15, -0.1) is 0 Å². The van der Waals surface area contributed by atoms with Crippen LogP contribution < -0.4 is 0 Å². The van der Waals surface area contributed by atoms with Gasteiger partial charge in [0.05, 0.1) is 28.3 Å². The number of hydrogen-bond acceptors (Lipinski definition) is 4. The van der Waals surface area contributed by atoms with Crippen LogP contribution in [-0.4, -0.2) is 25.7 Å². The molecular formula is C18H14F2N4O2. The molecule has 0 bridgehead atoms. The number of halogens is 2. The molecule has 0 aliphatic carbocycles. The van der Waals surface area contributed by atoms with Crippen LogP contribution in [0.1, 0.15) is 35.8 Å². The highest BCUT2D eigenvalue weighted by molar-refractivity contribution is 6.02. The predicted molar refractivity (Wildman–Crippen MR) is 90.9 cm³/mol. The van der Waals surface area contributed by atoms with Crippen molar-refractivity contribution in [2.75, 3.05) is 0 Å². The Morgan fingerprint density at radius 1 is 1.19 bits per heavy atom. The van der Waals surface area contributed by atoms with E-state index in [1.54, 1.807) is 48.7 Å². The van der Waals surface area contributed by atoms with Crippen molar-refractivity contribution in [3.05, 3.63) is 60.0 Å². The summed E-state index contributed by atoms with van der Waals surface area (Å²) in [5.74, 6) is -0.647. The molecule has 26 heavy (non-hydrogen) atoms. The van der Waals surface area contributed by atoms with E-state index >= 15 is 0 Å². The molecular weight excluding hydrogens is 342 g/mol. The fourth-order valence-electron chi connectivity index (χ4n) is 2.97. The number of carbonyl (C=O) groups is 1. The third-order valence-electron chi connectivity index (χ3n) is 4.16. The van der Waals surface area contributed by atoms with Crippen LogP contribution in [0.2, 0.25) is 0 Å². The molecule has 4 rings (SSSR count). The van der Waals surface area contributed by atoms with Gasteiger partial charge in [-0.2, -0.15) is 13.9 Å². The van der Waals surface area contributed by atoms with Gasteiger partial charge in [-0.25, -0.2) is 9.78 Å².